The Morgan fingerprint density at radius 1 is 1.50 bits per heavy atom. The Morgan fingerprint density at radius 2 is 1.83 bits per heavy atom. The van der Waals surface area contributed by atoms with Crippen molar-refractivity contribution in [2.75, 3.05) is 0 Å². The first kappa shape index (κ1) is 4.59. The molecule has 1 aliphatic rings. The summed E-state index contributed by atoms with van der Waals surface area (Å²) in [6.07, 6.45) is 4.27. The molecule has 1 atom stereocenters. The lowest BCUT2D eigenvalue weighted by atomic mass is 9.86. The van der Waals surface area contributed by atoms with Gasteiger partial charge in [0.15, 0.2) is 0 Å². The van der Waals surface area contributed by atoms with Gasteiger partial charge in [-0.3, -0.25) is 0 Å². The van der Waals surface area contributed by atoms with Crippen molar-refractivity contribution in [3.05, 3.63) is 0 Å². The second-order valence-electron chi connectivity index (χ2n) is 2.51. The summed E-state index contributed by atoms with van der Waals surface area (Å²) in [7, 11) is 2.88. The molecule has 0 spiro atoms. The summed E-state index contributed by atoms with van der Waals surface area (Å²) >= 11 is 0. The summed E-state index contributed by atoms with van der Waals surface area (Å²) in [4.78, 5) is 0. The van der Waals surface area contributed by atoms with Crippen LogP contribution in [0.5, 0.6) is 0 Å². The maximum Gasteiger partial charge on any atom is -0.0178 e. The van der Waals surface area contributed by atoms with Gasteiger partial charge in [-0.25, -0.2) is 0 Å². The summed E-state index contributed by atoms with van der Waals surface area (Å²) in [5.74, 6) is 0. The van der Waals surface area contributed by atoms with Crippen LogP contribution in [0.2, 0.25) is 0 Å². The Balaban J connectivity index is 2.31. The van der Waals surface area contributed by atoms with Gasteiger partial charge in [-0.15, -0.1) is 9.24 Å². The van der Waals surface area contributed by atoms with Crippen LogP contribution in [0.4, 0.5) is 0 Å². The van der Waals surface area contributed by atoms with Gasteiger partial charge < -0.3 is 0 Å². The van der Waals surface area contributed by atoms with E-state index in [4.69, 9.17) is 0 Å². The third kappa shape index (κ3) is 0.733. The predicted molar refractivity (Wildman–Crippen MR) is 32.0 cm³/mol. The van der Waals surface area contributed by atoms with E-state index in [1.165, 1.54) is 19.3 Å². The Labute approximate surface area is 41.5 Å². The summed E-state index contributed by atoms with van der Waals surface area (Å²) in [5.41, 5.74) is 0. The second-order valence-corrected chi connectivity index (χ2v) is 3.90. The van der Waals surface area contributed by atoms with Crippen LogP contribution in [0.3, 0.4) is 0 Å². The molecule has 0 aromatic carbocycles. The smallest absolute Gasteiger partial charge is 0.0178 e. The highest BCUT2D eigenvalue weighted by molar-refractivity contribution is 7.19. The summed E-state index contributed by atoms with van der Waals surface area (Å²) in [6.45, 7) is 2.29. The molecule has 1 unspecified atom stereocenters. The zero-order valence-electron chi connectivity index (χ0n) is 4.20. The lowest BCUT2D eigenvalue weighted by Crippen LogP contribution is -2.24. The summed E-state index contributed by atoms with van der Waals surface area (Å²) < 4.78 is 0. The molecule has 1 rings (SSSR count). The summed E-state index contributed by atoms with van der Waals surface area (Å²) in [5, 5.41) is 0.639. The van der Waals surface area contributed by atoms with Crippen LogP contribution >= 0.6 is 9.24 Å². The van der Waals surface area contributed by atoms with Gasteiger partial charge in [-0.2, -0.15) is 0 Å². The van der Waals surface area contributed by atoms with Crippen LogP contribution in [-0.2, 0) is 0 Å². The zero-order valence-corrected chi connectivity index (χ0v) is 5.35. The molecule has 0 aromatic heterocycles. The highest BCUT2D eigenvalue weighted by Gasteiger charge is 2.25. The fourth-order valence-electron chi connectivity index (χ4n) is 0.734. The van der Waals surface area contributed by atoms with Gasteiger partial charge in [0.2, 0.25) is 0 Å². The van der Waals surface area contributed by atoms with Gasteiger partial charge in [0.25, 0.3) is 0 Å². The van der Waals surface area contributed by atoms with E-state index in [1.54, 1.807) is 0 Å². The Hall–Kier alpha value is 0.430. The van der Waals surface area contributed by atoms with Crippen molar-refractivity contribution >= 4 is 9.24 Å². The maximum atomic E-state index is 2.88. The molecule has 36 valence electrons. The van der Waals surface area contributed by atoms with Gasteiger partial charge in [-0.05, 0) is 18.0 Å². The molecule has 0 radical (unpaired) electrons. The van der Waals surface area contributed by atoms with Crippen LogP contribution in [-0.4, -0.2) is 5.16 Å². The largest absolute Gasteiger partial charge is 0.131 e. The second kappa shape index (κ2) is 1.20. The molecular weight excluding hydrogens is 91.0 g/mol. The predicted octanol–water partition coefficient (Wildman–Crippen LogP) is 1.80. The van der Waals surface area contributed by atoms with Crippen LogP contribution in [0.25, 0.3) is 0 Å². The van der Waals surface area contributed by atoms with Gasteiger partial charge >= 0.3 is 0 Å². The molecule has 0 bridgehead atoms. The topological polar surface area (TPSA) is 0 Å². The minimum atomic E-state index is 0.639. The van der Waals surface area contributed by atoms with Gasteiger partial charge in [0.05, 0.1) is 0 Å². The van der Waals surface area contributed by atoms with E-state index in [9.17, 15) is 0 Å². The van der Waals surface area contributed by atoms with Gasteiger partial charge in [0.1, 0.15) is 0 Å². The third-order valence-electron chi connectivity index (χ3n) is 1.50. The minimum Gasteiger partial charge on any atom is -0.131 e. The van der Waals surface area contributed by atoms with Crippen LogP contribution < -0.4 is 0 Å². The lowest BCUT2D eigenvalue weighted by molar-refractivity contribution is 0.391. The van der Waals surface area contributed by atoms with Crippen molar-refractivity contribution in [3.63, 3.8) is 0 Å². The van der Waals surface area contributed by atoms with Crippen molar-refractivity contribution in [2.45, 2.75) is 31.3 Å². The van der Waals surface area contributed by atoms with Crippen molar-refractivity contribution in [3.8, 4) is 0 Å². The zero-order chi connectivity index (χ0) is 4.62. The van der Waals surface area contributed by atoms with E-state index in [2.05, 4.69) is 16.2 Å². The van der Waals surface area contributed by atoms with Crippen molar-refractivity contribution < 1.29 is 0 Å². The molecule has 0 nitrogen and oxygen atoms in total. The van der Waals surface area contributed by atoms with E-state index in [-0.39, 0.29) is 0 Å². The molecule has 1 fully saturated rings. The molecule has 1 aliphatic carbocycles. The monoisotopic (exact) mass is 102 g/mol. The minimum absolute atomic E-state index is 0.639. The Bertz CT molecular complexity index is 51.0. The van der Waals surface area contributed by atoms with E-state index >= 15 is 0 Å². The first-order valence-electron chi connectivity index (χ1n) is 2.50. The fraction of sp³-hybridized carbons (Fsp3) is 1.00. The fourth-order valence-corrected chi connectivity index (χ4v) is 1.14. The molecule has 0 amide bonds. The average Bonchev–Trinajstić information content (AvgIpc) is 1.32. The van der Waals surface area contributed by atoms with Gasteiger partial charge in [-0.1, -0.05) is 13.3 Å². The number of rotatable bonds is 0. The Kier molecular flexibility index (Phi) is 0.916. The molecule has 6 heavy (non-hydrogen) atoms. The Morgan fingerprint density at radius 3 is 1.83 bits per heavy atom. The molecule has 0 aliphatic heterocycles. The molecule has 1 saturated carbocycles. The summed E-state index contributed by atoms with van der Waals surface area (Å²) in [6, 6.07) is 0. The van der Waals surface area contributed by atoms with E-state index in [0.717, 1.165) is 0 Å². The lowest BCUT2D eigenvalue weighted by Gasteiger charge is -2.33. The molecule has 0 heterocycles. The quantitative estimate of drug-likeness (QED) is 0.409. The highest BCUT2D eigenvalue weighted by atomic mass is 31.0. The SMILES string of the molecule is CC1(P)CCC1. The number of hydrogen-bond donors (Lipinski definition) is 0. The van der Waals surface area contributed by atoms with E-state index < -0.39 is 0 Å². The number of hydrogen-bond acceptors (Lipinski definition) is 0. The standard InChI is InChI=1S/C5H11P/c1-5(6)3-2-4-5/h2-4,6H2,1H3. The van der Waals surface area contributed by atoms with Crippen LogP contribution in [0.1, 0.15) is 26.2 Å². The average molecular weight is 102 g/mol. The molecule has 1 heteroatoms. The van der Waals surface area contributed by atoms with E-state index in [0.29, 0.717) is 5.16 Å². The first-order chi connectivity index (χ1) is 2.71. The third-order valence-corrected chi connectivity index (χ3v) is 2.07. The van der Waals surface area contributed by atoms with Crippen molar-refractivity contribution in [1.29, 1.82) is 0 Å². The molecular formula is C5H11P. The van der Waals surface area contributed by atoms with Crippen LogP contribution in [0, 0.1) is 0 Å². The highest BCUT2D eigenvalue weighted by Crippen LogP contribution is 2.39. The van der Waals surface area contributed by atoms with E-state index in [1.807, 2.05) is 0 Å². The molecule has 0 saturated heterocycles. The maximum absolute atomic E-state index is 2.88. The first-order valence-corrected chi connectivity index (χ1v) is 3.07. The normalized spacial score (nSPS) is 29.0. The molecule has 0 N–H and O–H groups in total. The van der Waals surface area contributed by atoms with Crippen molar-refractivity contribution in [1.82, 2.24) is 0 Å². The van der Waals surface area contributed by atoms with Crippen LogP contribution in [0.15, 0.2) is 0 Å². The van der Waals surface area contributed by atoms with Crippen molar-refractivity contribution in [2.24, 2.45) is 0 Å². The molecule has 0 aromatic rings. The van der Waals surface area contributed by atoms with Gasteiger partial charge in [0, 0.05) is 0 Å².